The third-order valence-electron chi connectivity index (χ3n) is 11.1. The number of para-hydroxylation sites is 1. The number of imide groups is 1. The van der Waals surface area contributed by atoms with Gasteiger partial charge >= 0.3 is 5.69 Å². The van der Waals surface area contributed by atoms with E-state index in [-0.39, 0.29) is 35.4 Å². The number of halogens is 2. The predicted molar refractivity (Wildman–Crippen MR) is 195 cm³/mol. The molecule has 2 N–H and O–H groups in total. The molecule has 1 aliphatic carbocycles. The molecule has 1 unspecified atom stereocenters. The second-order valence-corrected chi connectivity index (χ2v) is 14.7. The fourth-order valence-electron chi connectivity index (χ4n) is 8.30. The average molecular weight is 732 g/mol. The molecule has 2 saturated heterocycles. The standard InChI is InChI=1S/C38H47F2N9O4/c1-24-6-3-9-28(41-24)36(51)42-29-23-48(44-33(29)35(39)40)27-13-11-25(12-14-27)22-47-20-18-46(19-21-47)17-5-8-26-7-4-10-30-34(26)45(2)38(53)49(30)31-15-16-32(50)43-37(31)52/h3-4,6-7,9-10,23,25,27,31,35H,5,8,11-22H2,1-2H3,(H,42,51)(H,43,50,52). The first-order chi connectivity index (χ1) is 25.5. The van der Waals surface area contributed by atoms with Crippen LogP contribution in [0.25, 0.3) is 11.0 Å². The number of hydrogen-bond donors (Lipinski definition) is 2. The molecule has 1 saturated carbocycles. The molecule has 0 spiro atoms. The molecule has 0 bridgehead atoms. The number of rotatable bonds is 11. The number of amides is 3. The van der Waals surface area contributed by atoms with E-state index in [1.54, 1.807) is 47.6 Å². The summed E-state index contributed by atoms with van der Waals surface area (Å²) in [5.74, 6) is -0.735. The summed E-state index contributed by atoms with van der Waals surface area (Å²) < 4.78 is 32.6. The summed E-state index contributed by atoms with van der Waals surface area (Å²) in [6, 6.07) is 10.2. The molecule has 3 amide bonds. The highest BCUT2D eigenvalue weighted by Crippen LogP contribution is 2.35. The molecule has 282 valence electrons. The molecule has 5 heterocycles. The molecule has 0 radical (unpaired) electrons. The number of carbonyl (C=O) groups excluding carboxylic acids is 3. The number of aromatic nitrogens is 5. The van der Waals surface area contributed by atoms with Crippen molar-refractivity contribution in [3.63, 3.8) is 0 Å². The van der Waals surface area contributed by atoms with E-state index in [0.717, 1.165) is 94.4 Å². The van der Waals surface area contributed by atoms with E-state index in [1.807, 2.05) is 12.1 Å². The van der Waals surface area contributed by atoms with Crippen molar-refractivity contribution in [3.05, 3.63) is 75.7 Å². The van der Waals surface area contributed by atoms with Gasteiger partial charge in [0.2, 0.25) is 11.8 Å². The molecular formula is C38H47F2N9O4. The Morgan fingerprint density at radius 3 is 2.43 bits per heavy atom. The van der Waals surface area contributed by atoms with E-state index in [0.29, 0.717) is 18.0 Å². The minimum Gasteiger partial charge on any atom is -0.318 e. The SMILES string of the molecule is Cc1cccc(C(=O)Nc2cn(C3CCC(CN4CCN(CCCc5cccc6c5n(C)c(=O)n6C5CCC(=O)NC5=O)CC4)CC3)nc2C(F)F)n1. The Morgan fingerprint density at radius 2 is 1.72 bits per heavy atom. The number of nitrogens with zero attached hydrogens (tertiary/aromatic N) is 7. The summed E-state index contributed by atoms with van der Waals surface area (Å²) in [4.78, 5) is 59.5. The summed E-state index contributed by atoms with van der Waals surface area (Å²) in [5.41, 5.74) is 2.83. The van der Waals surface area contributed by atoms with Gasteiger partial charge in [-0.2, -0.15) is 5.10 Å². The number of imidazole rings is 1. The van der Waals surface area contributed by atoms with Gasteiger partial charge in [-0.3, -0.25) is 33.5 Å². The second kappa shape index (κ2) is 15.7. The number of anilines is 1. The van der Waals surface area contributed by atoms with Crippen molar-refractivity contribution in [1.82, 2.24) is 39.0 Å². The number of carbonyl (C=O) groups is 3. The topological polar surface area (TPSA) is 139 Å². The number of nitrogens with one attached hydrogen (secondary N) is 2. The molecule has 7 rings (SSSR count). The van der Waals surface area contributed by atoms with Crippen molar-refractivity contribution in [2.45, 2.75) is 76.8 Å². The van der Waals surface area contributed by atoms with Crippen LogP contribution in [-0.4, -0.2) is 90.7 Å². The number of benzene rings is 1. The summed E-state index contributed by atoms with van der Waals surface area (Å²) in [6.07, 6.45) is 4.67. The lowest BCUT2D eigenvalue weighted by Gasteiger charge is -2.38. The van der Waals surface area contributed by atoms with Crippen LogP contribution in [-0.2, 0) is 23.1 Å². The molecule has 3 fully saturated rings. The minimum absolute atomic E-state index is 0.00704. The van der Waals surface area contributed by atoms with Crippen molar-refractivity contribution >= 4 is 34.4 Å². The number of alkyl halides is 2. The Morgan fingerprint density at radius 1 is 0.981 bits per heavy atom. The lowest BCUT2D eigenvalue weighted by atomic mass is 9.85. The van der Waals surface area contributed by atoms with E-state index in [4.69, 9.17) is 0 Å². The van der Waals surface area contributed by atoms with Gasteiger partial charge in [0.1, 0.15) is 11.7 Å². The Balaban J connectivity index is 0.870. The van der Waals surface area contributed by atoms with Crippen molar-refractivity contribution in [1.29, 1.82) is 0 Å². The fourth-order valence-corrected chi connectivity index (χ4v) is 8.30. The molecular weight excluding hydrogens is 684 g/mol. The van der Waals surface area contributed by atoms with E-state index in [9.17, 15) is 28.0 Å². The molecule has 53 heavy (non-hydrogen) atoms. The van der Waals surface area contributed by atoms with Crippen LogP contribution in [0.15, 0.2) is 47.4 Å². The molecule has 4 aromatic rings. The molecule has 1 aromatic carbocycles. The lowest BCUT2D eigenvalue weighted by molar-refractivity contribution is -0.135. The van der Waals surface area contributed by atoms with Crippen molar-refractivity contribution in [3.8, 4) is 0 Å². The molecule has 15 heteroatoms. The maximum atomic E-state index is 13.9. The largest absolute Gasteiger partial charge is 0.329 e. The molecule has 3 aromatic heterocycles. The average Bonchev–Trinajstić information content (AvgIpc) is 3.68. The zero-order valence-electron chi connectivity index (χ0n) is 30.3. The number of pyridine rings is 1. The Kier molecular flexibility index (Phi) is 10.8. The van der Waals surface area contributed by atoms with Gasteiger partial charge in [-0.05, 0) is 88.1 Å². The summed E-state index contributed by atoms with van der Waals surface area (Å²) in [5, 5.41) is 9.18. The Hall–Kier alpha value is -4.76. The summed E-state index contributed by atoms with van der Waals surface area (Å²) in [6.45, 7) is 7.70. The van der Waals surface area contributed by atoms with Crippen molar-refractivity contribution in [2.24, 2.45) is 13.0 Å². The highest BCUT2D eigenvalue weighted by atomic mass is 19.3. The molecule has 1 atom stereocenters. The van der Waals surface area contributed by atoms with Crippen LogP contribution in [0.1, 0.15) is 90.9 Å². The maximum Gasteiger partial charge on any atom is 0.329 e. The number of aryl methyl sites for hydroxylation is 3. The monoisotopic (exact) mass is 731 g/mol. The Labute approximate surface area is 306 Å². The van der Waals surface area contributed by atoms with E-state index < -0.39 is 30.0 Å². The predicted octanol–water partition coefficient (Wildman–Crippen LogP) is 4.39. The highest BCUT2D eigenvalue weighted by molar-refractivity contribution is 6.03. The van der Waals surface area contributed by atoms with Crippen LogP contribution in [0.5, 0.6) is 0 Å². The molecule has 3 aliphatic rings. The number of piperazine rings is 1. The first-order valence-corrected chi connectivity index (χ1v) is 18.6. The van der Waals surface area contributed by atoms with Crippen LogP contribution in [0.4, 0.5) is 14.5 Å². The van der Waals surface area contributed by atoms with Gasteiger partial charge < -0.3 is 15.1 Å². The van der Waals surface area contributed by atoms with Gasteiger partial charge in [-0.25, -0.2) is 18.6 Å². The normalized spacial score (nSPS) is 21.7. The van der Waals surface area contributed by atoms with Crippen molar-refractivity contribution < 1.29 is 23.2 Å². The number of fused-ring (bicyclic) bond motifs is 1. The Bertz CT molecular complexity index is 2040. The van der Waals surface area contributed by atoms with Gasteiger partial charge in [0.05, 0.1) is 22.8 Å². The second-order valence-electron chi connectivity index (χ2n) is 14.7. The van der Waals surface area contributed by atoms with Gasteiger partial charge in [0.25, 0.3) is 12.3 Å². The van der Waals surface area contributed by atoms with Gasteiger partial charge in [0.15, 0.2) is 5.69 Å². The van der Waals surface area contributed by atoms with Crippen LogP contribution < -0.4 is 16.3 Å². The fraction of sp³-hybridized carbons (Fsp3) is 0.526. The zero-order chi connectivity index (χ0) is 37.2. The zero-order valence-corrected chi connectivity index (χ0v) is 30.3. The lowest BCUT2D eigenvalue weighted by Crippen LogP contribution is -2.48. The molecule has 2 aliphatic heterocycles. The number of piperidine rings is 1. The smallest absolute Gasteiger partial charge is 0.318 e. The van der Waals surface area contributed by atoms with E-state index in [1.165, 1.54) is 4.57 Å². The van der Waals surface area contributed by atoms with E-state index in [2.05, 4.69) is 36.6 Å². The van der Waals surface area contributed by atoms with Crippen molar-refractivity contribution in [2.75, 3.05) is 44.6 Å². The van der Waals surface area contributed by atoms with E-state index >= 15 is 0 Å². The summed E-state index contributed by atoms with van der Waals surface area (Å²) in [7, 11) is 1.74. The van der Waals surface area contributed by atoms with Crippen LogP contribution in [0.2, 0.25) is 0 Å². The quantitative estimate of drug-likeness (QED) is 0.217. The third kappa shape index (κ3) is 7.96. The van der Waals surface area contributed by atoms with Crippen LogP contribution in [0, 0.1) is 12.8 Å². The number of hydrogen-bond acceptors (Lipinski definition) is 8. The third-order valence-corrected chi connectivity index (χ3v) is 11.1. The highest BCUT2D eigenvalue weighted by Gasteiger charge is 2.32. The minimum atomic E-state index is -2.81. The van der Waals surface area contributed by atoms with Gasteiger partial charge in [-0.15, -0.1) is 0 Å². The first kappa shape index (κ1) is 36.6. The maximum absolute atomic E-state index is 13.9. The van der Waals surface area contributed by atoms with Crippen LogP contribution >= 0.6 is 0 Å². The molecule has 13 nitrogen and oxygen atoms in total. The van der Waals surface area contributed by atoms with Gasteiger partial charge in [0, 0.05) is 58.1 Å². The van der Waals surface area contributed by atoms with Crippen LogP contribution in [0.3, 0.4) is 0 Å². The van der Waals surface area contributed by atoms with Gasteiger partial charge in [-0.1, -0.05) is 18.2 Å². The first-order valence-electron chi connectivity index (χ1n) is 18.6. The summed E-state index contributed by atoms with van der Waals surface area (Å²) >= 11 is 0.